The highest BCUT2D eigenvalue weighted by Crippen LogP contribution is 2.32. The molecule has 0 saturated carbocycles. The van der Waals surface area contributed by atoms with Gasteiger partial charge in [-0.2, -0.15) is 0 Å². The summed E-state index contributed by atoms with van der Waals surface area (Å²) in [5.41, 5.74) is 2.48. The summed E-state index contributed by atoms with van der Waals surface area (Å²) in [5, 5.41) is 16.2. The van der Waals surface area contributed by atoms with Crippen LogP contribution in [0, 0.1) is 6.92 Å². The fourth-order valence-electron chi connectivity index (χ4n) is 2.45. The zero-order valence-electron chi connectivity index (χ0n) is 14.2. The zero-order valence-corrected chi connectivity index (χ0v) is 15.8. The molecule has 1 amide bonds. The molecule has 6 nitrogen and oxygen atoms in total. The molecule has 0 radical (unpaired) electrons. The number of benzene rings is 2. The predicted octanol–water partition coefficient (Wildman–Crippen LogP) is 5.43. The molecule has 1 atom stereocenters. The van der Waals surface area contributed by atoms with E-state index in [9.17, 15) is 9.90 Å². The first-order chi connectivity index (χ1) is 12.4. The molecule has 1 heterocycles. The molecule has 3 rings (SSSR count). The lowest BCUT2D eigenvalue weighted by Crippen LogP contribution is -2.16. The molecule has 134 valence electrons. The molecule has 2 N–H and O–H groups in total. The van der Waals surface area contributed by atoms with Crippen molar-refractivity contribution in [3.8, 4) is 17.1 Å². The Morgan fingerprint density at radius 1 is 1.27 bits per heavy atom. The number of carbonyl (C=O) groups excluding carboxylic acids is 1. The number of nitrogens with zero attached hydrogens (tertiary/aromatic N) is 1. The molecule has 1 aromatic heterocycles. The van der Waals surface area contributed by atoms with Crippen LogP contribution in [0.25, 0.3) is 11.3 Å². The molecule has 0 bridgehead atoms. The molecule has 7 heteroatoms. The lowest BCUT2D eigenvalue weighted by molar-refractivity contribution is 0.121. The molecule has 0 fully saturated rings. The summed E-state index contributed by atoms with van der Waals surface area (Å²) < 4.78 is 11.7. The van der Waals surface area contributed by atoms with Crippen molar-refractivity contribution in [1.29, 1.82) is 0 Å². The molecule has 0 aliphatic heterocycles. The van der Waals surface area contributed by atoms with Gasteiger partial charge in [-0.05, 0) is 55.8 Å². The van der Waals surface area contributed by atoms with Crippen LogP contribution in [-0.4, -0.2) is 16.4 Å². The first kappa shape index (κ1) is 18.0. The second-order valence-corrected chi connectivity index (χ2v) is 6.66. The van der Waals surface area contributed by atoms with Crippen LogP contribution in [0.4, 0.5) is 10.5 Å². The van der Waals surface area contributed by atoms with E-state index in [1.807, 2.05) is 24.3 Å². The Labute approximate surface area is 158 Å². The maximum atomic E-state index is 12.3. The Morgan fingerprint density at radius 2 is 2.00 bits per heavy atom. The zero-order chi connectivity index (χ0) is 18.7. The van der Waals surface area contributed by atoms with Crippen molar-refractivity contribution in [2.45, 2.75) is 20.0 Å². The number of rotatable bonds is 4. The van der Waals surface area contributed by atoms with Gasteiger partial charge in [-0.15, -0.1) is 0 Å². The second kappa shape index (κ2) is 7.61. The molecule has 1 unspecified atom stereocenters. The van der Waals surface area contributed by atoms with Gasteiger partial charge in [-0.1, -0.05) is 33.2 Å². The highest BCUT2D eigenvalue weighted by molar-refractivity contribution is 9.10. The minimum atomic E-state index is -0.634. The van der Waals surface area contributed by atoms with Crippen molar-refractivity contribution in [2.24, 2.45) is 0 Å². The van der Waals surface area contributed by atoms with Crippen LogP contribution in [0.2, 0.25) is 0 Å². The summed E-state index contributed by atoms with van der Waals surface area (Å²) in [6.45, 7) is 3.46. The maximum Gasteiger partial charge on any atom is 0.412 e. The van der Waals surface area contributed by atoms with Gasteiger partial charge in [0, 0.05) is 10.0 Å². The number of ether oxygens (including phenoxy) is 1. The van der Waals surface area contributed by atoms with Crippen molar-refractivity contribution in [1.82, 2.24) is 5.16 Å². The molecule has 3 aromatic rings. The number of nitrogens with one attached hydrogen (secondary N) is 1. The molecule has 0 saturated heterocycles. The third-order valence-electron chi connectivity index (χ3n) is 3.82. The Kier molecular flexibility index (Phi) is 5.27. The van der Waals surface area contributed by atoms with E-state index >= 15 is 0 Å². The van der Waals surface area contributed by atoms with Crippen molar-refractivity contribution < 1.29 is 19.2 Å². The molecular weight excluding hydrogens is 400 g/mol. The number of aromatic nitrogens is 1. The molecular formula is C19H17BrN2O4. The Morgan fingerprint density at radius 3 is 2.69 bits per heavy atom. The largest absolute Gasteiger partial charge is 0.508 e. The Balaban J connectivity index is 1.75. The van der Waals surface area contributed by atoms with Gasteiger partial charge in [0.25, 0.3) is 0 Å². The number of anilines is 1. The van der Waals surface area contributed by atoms with Gasteiger partial charge < -0.3 is 14.4 Å². The summed E-state index contributed by atoms with van der Waals surface area (Å²) in [4.78, 5) is 12.3. The first-order valence-corrected chi connectivity index (χ1v) is 8.72. The van der Waals surface area contributed by atoms with E-state index in [0.717, 1.165) is 10.0 Å². The highest BCUT2D eigenvalue weighted by Gasteiger charge is 2.20. The summed E-state index contributed by atoms with van der Waals surface area (Å²) in [7, 11) is 0. The number of hydrogen-bond donors (Lipinski definition) is 2. The quantitative estimate of drug-likeness (QED) is 0.592. The summed E-state index contributed by atoms with van der Waals surface area (Å²) in [5.74, 6) is 0.572. The lowest BCUT2D eigenvalue weighted by Gasteiger charge is -2.14. The van der Waals surface area contributed by atoms with Gasteiger partial charge in [0.2, 0.25) is 0 Å². The predicted molar refractivity (Wildman–Crippen MR) is 101 cm³/mol. The number of phenolic OH excluding ortho intramolecular Hbond substituents is 1. The van der Waals surface area contributed by atoms with E-state index in [1.54, 1.807) is 38.1 Å². The smallest absolute Gasteiger partial charge is 0.412 e. The number of aromatic hydroxyl groups is 1. The summed E-state index contributed by atoms with van der Waals surface area (Å²) in [6, 6.07) is 14.0. The standard InChI is InChI=1S/C19H17BrN2O4/c1-11-17(18(26-22-11)13-6-8-15(20)9-7-13)21-19(24)25-12(2)14-4-3-5-16(23)10-14/h3-10,12,23H,1-2H3,(H,21,24). The van der Waals surface area contributed by atoms with Crippen molar-refractivity contribution >= 4 is 27.7 Å². The van der Waals surface area contributed by atoms with Gasteiger partial charge in [0.1, 0.15) is 23.2 Å². The first-order valence-electron chi connectivity index (χ1n) is 7.93. The average Bonchev–Trinajstić information content (AvgIpc) is 2.96. The third kappa shape index (κ3) is 4.05. The maximum absolute atomic E-state index is 12.3. The molecule has 0 aliphatic rings. The topological polar surface area (TPSA) is 84.6 Å². The second-order valence-electron chi connectivity index (χ2n) is 5.75. The van der Waals surface area contributed by atoms with E-state index in [2.05, 4.69) is 26.4 Å². The van der Waals surface area contributed by atoms with E-state index in [4.69, 9.17) is 9.26 Å². The van der Waals surface area contributed by atoms with E-state index in [-0.39, 0.29) is 5.75 Å². The molecule has 0 aliphatic carbocycles. The van der Waals surface area contributed by atoms with Gasteiger partial charge in [0.15, 0.2) is 5.76 Å². The van der Waals surface area contributed by atoms with Crippen LogP contribution in [0.3, 0.4) is 0 Å². The average molecular weight is 417 g/mol. The van der Waals surface area contributed by atoms with Gasteiger partial charge in [-0.25, -0.2) is 4.79 Å². The molecule has 0 spiro atoms. The fourth-order valence-corrected chi connectivity index (χ4v) is 2.72. The van der Waals surface area contributed by atoms with Crippen molar-refractivity contribution in [3.63, 3.8) is 0 Å². The fraction of sp³-hybridized carbons (Fsp3) is 0.158. The Bertz CT molecular complexity index is 922. The number of carbonyl (C=O) groups is 1. The number of aryl methyl sites for hydroxylation is 1. The van der Waals surface area contributed by atoms with Crippen LogP contribution >= 0.6 is 15.9 Å². The summed E-state index contributed by atoms with van der Waals surface area (Å²) in [6.07, 6.45) is -1.16. The number of phenols is 1. The molecule has 26 heavy (non-hydrogen) atoms. The molecule has 2 aromatic carbocycles. The number of hydrogen-bond acceptors (Lipinski definition) is 5. The van der Waals surface area contributed by atoms with Crippen LogP contribution in [0.1, 0.15) is 24.3 Å². The summed E-state index contributed by atoms with van der Waals surface area (Å²) >= 11 is 3.38. The van der Waals surface area contributed by atoms with Crippen LogP contribution in [0.15, 0.2) is 57.5 Å². The van der Waals surface area contributed by atoms with E-state index in [0.29, 0.717) is 22.7 Å². The van der Waals surface area contributed by atoms with Crippen LogP contribution < -0.4 is 5.32 Å². The third-order valence-corrected chi connectivity index (χ3v) is 4.35. The minimum absolute atomic E-state index is 0.116. The van der Waals surface area contributed by atoms with Gasteiger partial charge in [0.05, 0.1) is 0 Å². The van der Waals surface area contributed by atoms with E-state index in [1.165, 1.54) is 0 Å². The van der Waals surface area contributed by atoms with E-state index < -0.39 is 12.2 Å². The van der Waals surface area contributed by atoms with Gasteiger partial charge >= 0.3 is 6.09 Å². The normalized spacial score (nSPS) is 11.8. The van der Waals surface area contributed by atoms with Crippen LogP contribution in [0.5, 0.6) is 5.75 Å². The SMILES string of the molecule is Cc1noc(-c2ccc(Br)cc2)c1NC(=O)OC(C)c1cccc(O)c1. The van der Waals surface area contributed by atoms with Crippen molar-refractivity contribution in [2.75, 3.05) is 5.32 Å². The Hall–Kier alpha value is -2.80. The minimum Gasteiger partial charge on any atom is -0.508 e. The van der Waals surface area contributed by atoms with Gasteiger partial charge in [-0.3, -0.25) is 5.32 Å². The highest BCUT2D eigenvalue weighted by atomic mass is 79.9. The van der Waals surface area contributed by atoms with Crippen LogP contribution in [-0.2, 0) is 4.74 Å². The number of amides is 1. The van der Waals surface area contributed by atoms with Crippen molar-refractivity contribution in [3.05, 3.63) is 64.3 Å². The lowest BCUT2D eigenvalue weighted by atomic mass is 10.1. The number of halogens is 1. The monoisotopic (exact) mass is 416 g/mol.